The van der Waals surface area contributed by atoms with Crippen LogP contribution in [0.5, 0.6) is 28.9 Å². The number of hydrogen-bond donors (Lipinski definition) is 0. The molecule has 220 valence electrons. The minimum Gasteiger partial charge on any atom is -0.496 e. The average Bonchev–Trinajstić information content (AvgIpc) is 3.45. The predicted molar refractivity (Wildman–Crippen MR) is 163 cm³/mol. The summed E-state index contributed by atoms with van der Waals surface area (Å²) in [6.45, 7) is 1.29. The third-order valence-electron chi connectivity index (χ3n) is 7.20. The molecule has 3 aromatic heterocycles. The second-order valence-corrected chi connectivity index (χ2v) is 11.1. The lowest BCUT2D eigenvalue weighted by molar-refractivity contribution is -0.132. The molecule has 0 amide bonds. The fraction of sp³-hybridized carbons (Fsp3) is 0.129. The molecule has 0 bridgehead atoms. The molecule has 7 rings (SSSR count). The van der Waals surface area contributed by atoms with Crippen LogP contribution in [-0.2, 0) is 4.79 Å². The summed E-state index contributed by atoms with van der Waals surface area (Å²) in [7, 11) is 3.00. The Hall–Kier alpha value is -4.94. The van der Waals surface area contributed by atoms with Gasteiger partial charge in [0.25, 0.3) is 0 Å². The average molecular weight is 676 g/mol. The van der Waals surface area contributed by atoms with Gasteiger partial charge in [-0.25, -0.2) is 19.3 Å². The van der Waals surface area contributed by atoms with Crippen molar-refractivity contribution in [2.75, 3.05) is 14.2 Å². The van der Waals surface area contributed by atoms with E-state index in [1.807, 2.05) is 6.07 Å². The van der Waals surface area contributed by atoms with Gasteiger partial charge in [0.1, 0.15) is 17.7 Å². The molecular weight excluding hydrogens is 656 g/mol. The van der Waals surface area contributed by atoms with Gasteiger partial charge in [0.05, 0.1) is 46.7 Å². The van der Waals surface area contributed by atoms with Gasteiger partial charge in [-0.05, 0) is 64.0 Å². The van der Waals surface area contributed by atoms with E-state index in [0.29, 0.717) is 60.1 Å². The predicted octanol–water partition coefficient (Wildman–Crippen LogP) is 6.54. The van der Waals surface area contributed by atoms with Crippen LogP contribution in [0.1, 0.15) is 29.5 Å². The first kappa shape index (κ1) is 27.9. The molecule has 0 saturated heterocycles. The maximum atomic E-state index is 13.8. The van der Waals surface area contributed by atoms with E-state index in [1.165, 1.54) is 24.9 Å². The molecule has 0 aliphatic carbocycles. The molecule has 0 N–H and O–H groups in total. The molecule has 44 heavy (non-hydrogen) atoms. The number of aromatic nitrogens is 4. The minimum atomic E-state index is -0.819. The molecule has 3 aromatic carbocycles. The Bertz CT molecular complexity index is 2210. The molecule has 11 nitrogen and oxygen atoms in total. The first-order valence-electron chi connectivity index (χ1n) is 13.2. The van der Waals surface area contributed by atoms with E-state index in [2.05, 4.69) is 26.0 Å². The lowest BCUT2D eigenvalue weighted by Crippen LogP contribution is -2.22. The second kappa shape index (κ2) is 10.6. The molecule has 13 heteroatoms. The first-order chi connectivity index (χ1) is 21.3. The number of para-hydroxylation sites is 1. The summed E-state index contributed by atoms with van der Waals surface area (Å²) in [5.74, 6) is 0.477. The van der Waals surface area contributed by atoms with Gasteiger partial charge < -0.3 is 23.4 Å². The van der Waals surface area contributed by atoms with Crippen molar-refractivity contribution in [2.24, 2.45) is 0 Å². The maximum Gasteiger partial charge on any atom is 0.344 e. The molecule has 0 radical (unpaired) electrons. The van der Waals surface area contributed by atoms with Gasteiger partial charge in [-0.2, -0.15) is 0 Å². The van der Waals surface area contributed by atoms with E-state index >= 15 is 0 Å². The second-order valence-electron chi connectivity index (χ2n) is 9.80. The van der Waals surface area contributed by atoms with Crippen LogP contribution >= 0.6 is 27.5 Å². The molecule has 1 unspecified atom stereocenters. The Morgan fingerprint density at radius 3 is 2.61 bits per heavy atom. The van der Waals surface area contributed by atoms with Crippen LogP contribution in [0.3, 0.4) is 0 Å². The van der Waals surface area contributed by atoms with Crippen LogP contribution < -0.4 is 24.6 Å². The lowest BCUT2D eigenvalue weighted by atomic mass is 9.84. The SMILES string of the molecule is COc1ccc(Cl)cc1-c1nc2c3c(ncn2n1)Oc1c(c(=O)oc2ccccc12)C3c1cc(Br)c(OC(C)=O)c(OC)c1. The topological polar surface area (TPSA) is 127 Å². The summed E-state index contributed by atoms with van der Waals surface area (Å²) >= 11 is 9.82. The quantitative estimate of drug-likeness (QED) is 0.113. The number of halogens is 2. The van der Waals surface area contributed by atoms with Crippen molar-refractivity contribution in [3.8, 4) is 40.3 Å². The summed E-state index contributed by atoms with van der Waals surface area (Å²) in [5.41, 5.74) is 1.95. The van der Waals surface area contributed by atoms with Gasteiger partial charge in [0, 0.05) is 11.9 Å². The monoisotopic (exact) mass is 674 g/mol. The number of hydrogen-bond acceptors (Lipinski definition) is 10. The zero-order valence-electron chi connectivity index (χ0n) is 23.3. The Morgan fingerprint density at radius 2 is 1.84 bits per heavy atom. The van der Waals surface area contributed by atoms with Crippen LogP contribution in [-0.4, -0.2) is 39.8 Å². The Kier molecular flexibility index (Phi) is 6.74. The Balaban J connectivity index is 1.54. The summed E-state index contributed by atoms with van der Waals surface area (Å²) in [4.78, 5) is 35.0. The van der Waals surface area contributed by atoms with Gasteiger partial charge in [0.15, 0.2) is 28.7 Å². The largest absolute Gasteiger partial charge is 0.496 e. The van der Waals surface area contributed by atoms with E-state index < -0.39 is 17.5 Å². The highest BCUT2D eigenvalue weighted by atomic mass is 79.9. The summed E-state index contributed by atoms with van der Waals surface area (Å²) in [5, 5.41) is 5.72. The third-order valence-corrected chi connectivity index (χ3v) is 8.02. The zero-order valence-corrected chi connectivity index (χ0v) is 25.6. The normalized spacial score (nSPS) is 13.7. The highest BCUT2D eigenvalue weighted by molar-refractivity contribution is 9.10. The van der Waals surface area contributed by atoms with Gasteiger partial charge >= 0.3 is 11.6 Å². The minimum absolute atomic E-state index is 0.191. The molecule has 0 fully saturated rings. The van der Waals surface area contributed by atoms with Crippen LogP contribution in [0.15, 0.2) is 74.6 Å². The van der Waals surface area contributed by atoms with Crippen molar-refractivity contribution < 1.29 is 28.2 Å². The third kappa shape index (κ3) is 4.45. The maximum absolute atomic E-state index is 13.8. The van der Waals surface area contributed by atoms with Crippen molar-refractivity contribution in [1.29, 1.82) is 0 Å². The van der Waals surface area contributed by atoms with Crippen molar-refractivity contribution >= 4 is 50.1 Å². The number of ether oxygens (including phenoxy) is 4. The highest BCUT2D eigenvalue weighted by Gasteiger charge is 2.38. The van der Waals surface area contributed by atoms with Crippen LogP contribution in [0.2, 0.25) is 5.02 Å². The number of fused-ring (bicyclic) bond motifs is 6. The number of esters is 1. The van der Waals surface area contributed by atoms with E-state index in [-0.39, 0.29) is 22.9 Å². The van der Waals surface area contributed by atoms with E-state index in [9.17, 15) is 9.59 Å². The van der Waals surface area contributed by atoms with Gasteiger partial charge in [-0.15, -0.1) is 5.10 Å². The van der Waals surface area contributed by atoms with E-state index in [0.717, 1.165) is 0 Å². The van der Waals surface area contributed by atoms with Crippen molar-refractivity contribution in [3.05, 3.63) is 97.5 Å². The number of rotatable bonds is 5. The summed E-state index contributed by atoms with van der Waals surface area (Å²) < 4.78 is 30.6. The number of carbonyl (C=O) groups excluding carboxylic acids is 1. The van der Waals surface area contributed by atoms with Gasteiger partial charge in [0.2, 0.25) is 5.88 Å². The van der Waals surface area contributed by atoms with Gasteiger partial charge in [-0.3, -0.25) is 4.79 Å². The number of benzene rings is 3. The fourth-order valence-corrected chi connectivity index (χ4v) is 6.09. The summed E-state index contributed by atoms with van der Waals surface area (Å²) in [6.07, 6.45) is 1.48. The van der Waals surface area contributed by atoms with Crippen LogP contribution in [0.4, 0.5) is 0 Å². The highest BCUT2D eigenvalue weighted by Crippen LogP contribution is 2.51. The van der Waals surface area contributed by atoms with Gasteiger partial charge in [-0.1, -0.05) is 23.7 Å². The summed E-state index contributed by atoms with van der Waals surface area (Å²) in [6, 6.07) is 15.6. The van der Waals surface area contributed by atoms with Crippen molar-refractivity contribution in [2.45, 2.75) is 12.8 Å². The van der Waals surface area contributed by atoms with Crippen LogP contribution in [0.25, 0.3) is 28.0 Å². The number of methoxy groups -OCH3 is 2. The molecule has 0 spiro atoms. The van der Waals surface area contributed by atoms with E-state index in [4.69, 9.17) is 39.9 Å². The smallest absolute Gasteiger partial charge is 0.344 e. The Morgan fingerprint density at radius 1 is 1.05 bits per heavy atom. The molecule has 1 aliphatic rings. The van der Waals surface area contributed by atoms with E-state index in [1.54, 1.807) is 55.6 Å². The molecule has 4 heterocycles. The molecule has 1 atom stereocenters. The van der Waals surface area contributed by atoms with Crippen molar-refractivity contribution in [1.82, 2.24) is 19.6 Å². The van der Waals surface area contributed by atoms with Crippen LogP contribution in [0, 0.1) is 0 Å². The fourth-order valence-electron chi connectivity index (χ4n) is 5.38. The zero-order chi connectivity index (χ0) is 30.7. The van der Waals surface area contributed by atoms with Crippen molar-refractivity contribution in [3.63, 3.8) is 0 Å². The standard InChI is InChI=1S/C31H20BrClN4O7/c1-14(38)42-27-19(32)10-15(11-22(27)41-3)23-24-26(17-6-4-5-7-21(17)43-31(24)39)44-30-25(23)29-35-28(36-37(29)13-34-30)18-12-16(33)8-9-20(18)40-2/h4-13,23H,1-3H3. The molecule has 0 saturated carbocycles. The molecular formula is C31H20BrClN4O7. The Labute approximate surface area is 262 Å². The first-order valence-corrected chi connectivity index (χ1v) is 14.3. The lowest BCUT2D eigenvalue weighted by Gasteiger charge is -2.28. The number of nitrogens with zero attached hydrogens (tertiary/aromatic N) is 4. The molecule has 6 aromatic rings. The molecule has 1 aliphatic heterocycles. The number of carbonyl (C=O) groups is 1.